The van der Waals surface area contributed by atoms with Gasteiger partial charge in [0.2, 0.25) is 5.91 Å². The van der Waals surface area contributed by atoms with E-state index in [0.29, 0.717) is 12.0 Å². The van der Waals surface area contributed by atoms with Crippen LogP contribution < -0.4 is 5.43 Å². The van der Waals surface area contributed by atoms with Gasteiger partial charge in [0.05, 0.1) is 6.21 Å². The fourth-order valence-electron chi connectivity index (χ4n) is 1.75. The van der Waals surface area contributed by atoms with E-state index in [1.54, 1.807) is 18.2 Å². The number of halogens is 1. The Morgan fingerprint density at radius 2 is 2.10 bits per heavy atom. The average Bonchev–Trinajstić information content (AvgIpc) is 2.42. The molecule has 0 aromatic heterocycles. The number of aromatic hydroxyl groups is 1. The fraction of sp³-hybridized carbons (Fsp3) is 0.467. The fourth-order valence-corrected chi connectivity index (χ4v) is 2.13. The van der Waals surface area contributed by atoms with E-state index in [4.69, 9.17) is 0 Å². The maximum absolute atomic E-state index is 11.5. The molecular weight excluding hydrogens is 320 g/mol. The van der Waals surface area contributed by atoms with Crippen molar-refractivity contribution in [3.05, 3.63) is 28.2 Å². The molecule has 0 fully saturated rings. The molecule has 0 bridgehead atoms. The second-order valence-electron chi connectivity index (χ2n) is 4.66. The summed E-state index contributed by atoms with van der Waals surface area (Å²) in [6.07, 6.45) is 7.51. The van der Waals surface area contributed by atoms with Crippen LogP contribution in [0.1, 0.15) is 51.0 Å². The predicted molar refractivity (Wildman–Crippen MR) is 84.9 cm³/mol. The summed E-state index contributed by atoms with van der Waals surface area (Å²) in [4.78, 5) is 11.5. The number of unbranched alkanes of at least 4 members (excludes halogenated alkanes) is 4. The molecule has 4 nitrogen and oxygen atoms in total. The van der Waals surface area contributed by atoms with E-state index in [0.717, 1.165) is 17.3 Å². The molecule has 1 aromatic carbocycles. The van der Waals surface area contributed by atoms with Crippen LogP contribution in [0.4, 0.5) is 0 Å². The molecule has 0 atom stereocenters. The molecule has 5 heteroatoms. The highest BCUT2D eigenvalue weighted by Crippen LogP contribution is 2.19. The van der Waals surface area contributed by atoms with Crippen molar-refractivity contribution >= 4 is 28.1 Å². The molecule has 110 valence electrons. The first-order chi connectivity index (χ1) is 9.63. The second-order valence-corrected chi connectivity index (χ2v) is 5.58. The zero-order chi connectivity index (χ0) is 14.8. The van der Waals surface area contributed by atoms with E-state index in [1.165, 1.54) is 25.5 Å². The van der Waals surface area contributed by atoms with Gasteiger partial charge in [0.15, 0.2) is 0 Å². The van der Waals surface area contributed by atoms with Crippen molar-refractivity contribution in [3.8, 4) is 5.75 Å². The van der Waals surface area contributed by atoms with Crippen LogP contribution in [0.2, 0.25) is 0 Å². The Bertz CT molecular complexity index is 461. The minimum absolute atomic E-state index is 0.0905. The average molecular weight is 341 g/mol. The summed E-state index contributed by atoms with van der Waals surface area (Å²) in [6, 6.07) is 5.04. The quantitative estimate of drug-likeness (QED) is 0.427. The topological polar surface area (TPSA) is 61.7 Å². The number of carbonyl (C=O) groups excluding carboxylic acids is 1. The van der Waals surface area contributed by atoms with Crippen LogP contribution >= 0.6 is 15.9 Å². The molecule has 0 aliphatic carbocycles. The first-order valence-corrected chi connectivity index (χ1v) is 7.73. The molecule has 0 radical (unpaired) electrons. The molecule has 1 rings (SSSR count). The lowest BCUT2D eigenvalue weighted by molar-refractivity contribution is -0.121. The Morgan fingerprint density at radius 3 is 2.85 bits per heavy atom. The number of hydrogen-bond donors (Lipinski definition) is 2. The highest BCUT2D eigenvalue weighted by molar-refractivity contribution is 9.10. The van der Waals surface area contributed by atoms with Gasteiger partial charge in [0.25, 0.3) is 0 Å². The van der Waals surface area contributed by atoms with E-state index in [1.807, 2.05) is 0 Å². The number of rotatable bonds is 8. The van der Waals surface area contributed by atoms with Crippen LogP contribution in [-0.2, 0) is 4.79 Å². The first kappa shape index (κ1) is 16.7. The highest BCUT2D eigenvalue weighted by atomic mass is 79.9. The van der Waals surface area contributed by atoms with Crippen molar-refractivity contribution < 1.29 is 9.90 Å². The third kappa shape index (κ3) is 6.70. The van der Waals surface area contributed by atoms with Crippen molar-refractivity contribution in [1.82, 2.24) is 5.43 Å². The van der Waals surface area contributed by atoms with E-state index >= 15 is 0 Å². The SMILES string of the molecule is CCCCCCCC(=O)NN=Cc1cc(Br)ccc1O. The molecule has 0 aliphatic rings. The standard InChI is InChI=1S/C15H21BrN2O2/c1-2-3-4-5-6-7-15(20)18-17-11-12-10-13(16)8-9-14(12)19/h8-11,19H,2-7H2,1H3,(H,18,20). The lowest BCUT2D eigenvalue weighted by Crippen LogP contribution is -2.16. The molecule has 1 aromatic rings. The normalized spacial score (nSPS) is 10.9. The van der Waals surface area contributed by atoms with Gasteiger partial charge in [0, 0.05) is 16.5 Å². The smallest absolute Gasteiger partial charge is 0.240 e. The van der Waals surface area contributed by atoms with Crippen molar-refractivity contribution in [2.45, 2.75) is 45.4 Å². The second kappa shape index (κ2) is 9.53. The zero-order valence-corrected chi connectivity index (χ0v) is 13.3. The molecule has 1 amide bonds. The first-order valence-electron chi connectivity index (χ1n) is 6.94. The summed E-state index contributed by atoms with van der Waals surface area (Å²) >= 11 is 3.31. The molecule has 0 heterocycles. The van der Waals surface area contributed by atoms with Gasteiger partial charge < -0.3 is 5.11 Å². The van der Waals surface area contributed by atoms with Crippen LogP contribution in [0.25, 0.3) is 0 Å². The Kier molecular flexibility index (Phi) is 7.95. The Morgan fingerprint density at radius 1 is 1.35 bits per heavy atom. The van der Waals surface area contributed by atoms with E-state index < -0.39 is 0 Å². The summed E-state index contributed by atoms with van der Waals surface area (Å²) in [5.41, 5.74) is 3.03. The number of nitrogens with zero attached hydrogens (tertiary/aromatic N) is 1. The van der Waals surface area contributed by atoms with E-state index in [9.17, 15) is 9.90 Å². The number of hydrogen-bond acceptors (Lipinski definition) is 3. The van der Waals surface area contributed by atoms with Gasteiger partial charge in [-0.2, -0.15) is 5.10 Å². The van der Waals surface area contributed by atoms with Crippen LogP contribution in [0, 0.1) is 0 Å². The minimum atomic E-state index is -0.0905. The van der Waals surface area contributed by atoms with Gasteiger partial charge in [-0.25, -0.2) is 5.43 Å². The monoisotopic (exact) mass is 340 g/mol. The van der Waals surface area contributed by atoms with Gasteiger partial charge in [-0.15, -0.1) is 0 Å². The summed E-state index contributed by atoms with van der Waals surface area (Å²) in [6.45, 7) is 2.17. The Balaban J connectivity index is 2.29. The van der Waals surface area contributed by atoms with Crippen molar-refractivity contribution in [2.24, 2.45) is 5.10 Å². The summed E-state index contributed by atoms with van der Waals surface area (Å²) in [5.74, 6) is 0.0398. The molecule has 0 spiro atoms. The van der Waals surface area contributed by atoms with E-state index in [-0.39, 0.29) is 11.7 Å². The van der Waals surface area contributed by atoms with Gasteiger partial charge in [-0.1, -0.05) is 48.5 Å². The van der Waals surface area contributed by atoms with Gasteiger partial charge in [-0.05, 0) is 24.6 Å². The van der Waals surface area contributed by atoms with Crippen LogP contribution in [0.3, 0.4) is 0 Å². The minimum Gasteiger partial charge on any atom is -0.507 e. The molecule has 2 N–H and O–H groups in total. The van der Waals surface area contributed by atoms with Gasteiger partial charge in [0.1, 0.15) is 5.75 Å². The number of nitrogens with one attached hydrogen (secondary N) is 1. The zero-order valence-electron chi connectivity index (χ0n) is 11.7. The number of hydrazone groups is 1. The van der Waals surface area contributed by atoms with Crippen molar-refractivity contribution in [1.29, 1.82) is 0 Å². The third-order valence-electron chi connectivity index (χ3n) is 2.89. The highest BCUT2D eigenvalue weighted by Gasteiger charge is 2.01. The van der Waals surface area contributed by atoms with Crippen LogP contribution in [0.15, 0.2) is 27.8 Å². The third-order valence-corrected chi connectivity index (χ3v) is 3.38. The summed E-state index contributed by atoms with van der Waals surface area (Å²) in [7, 11) is 0. The van der Waals surface area contributed by atoms with E-state index in [2.05, 4.69) is 33.4 Å². The predicted octanol–water partition coefficient (Wildman–Crippen LogP) is 3.97. The maximum Gasteiger partial charge on any atom is 0.240 e. The van der Waals surface area contributed by atoms with Crippen LogP contribution in [-0.4, -0.2) is 17.2 Å². The Hall–Kier alpha value is -1.36. The van der Waals surface area contributed by atoms with Crippen molar-refractivity contribution in [3.63, 3.8) is 0 Å². The molecule has 0 saturated carbocycles. The van der Waals surface area contributed by atoms with Crippen LogP contribution in [0.5, 0.6) is 5.75 Å². The number of phenols is 1. The van der Waals surface area contributed by atoms with Gasteiger partial charge >= 0.3 is 0 Å². The largest absolute Gasteiger partial charge is 0.507 e. The number of carbonyl (C=O) groups is 1. The lowest BCUT2D eigenvalue weighted by atomic mass is 10.1. The molecular formula is C15H21BrN2O2. The Labute approximate surface area is 128 Å². The summed E-state index contributed by atoms with van der Waals surface area (Å²) < 4.78 is 0.846. The maximum atomic E-state index is 11.5. The number of benzene rings is 1. The van der Waals surface area contributed by atoms with Crippen molar-refractivity contribution in [2.75, 3.05) is 0 Å². The molecule has 0 saturated heterocycles. The number of amides is 1. The summed E-state index contributed by atoms with van der Waals surface area (Å²) in [5, 5.41) is 13.5. The molecule has 0 unspecified atom stereocenters. The molecule has 20 heavy (non-hydrogen) atoms. The van der Waals surface area contributed by atoms with Gasteiger partial charge in [-0.3, -0.25) is 4.79 Å². The molecule has 0 aliphatic heterocycles. The number of phenolic OH excluding ortho intramolecular Hbond substituents is 1. The lowest BCUT2D eigenvalue weighted by Gasteiger charge is -2.01.